The Labute approximate surface area is 199 Å². The maximum Gasteiger partial charge on any atom is 0.340 e. The number of amides is 1. The number of methoxy groups -OCH3 is 2. The molecule has 0 fully saturated rings. The second-order valence-electron chi connectivity index (χ2n) is 8.35. The molecule has 6 nitrogen and oxygen atoms in total. The molecule has 2 aromatic carbocycles. The summed E-state index contributed by atoms with van der Waals surface area (Å²) in [6, 6.07) is 17.5. The Morgan fingerprint density at radius 1 is 0.882 bits per heavy atom. The van der Waals surface area contributed by atoms with Gasteiger partial charge in [-0.25, -0.2) is 4.79 Å². The molecular weight excluding hydrogens is 428 g/mol. The number of rotatable bonds is 5. The quantitative estimate of drug-likeness (QED) is 0.387. The summed E-state index contributed by atoms with van der Waals surface area (Å²) in [5, 5.41) is 0. The second-order valence-corrected chi connectivity index (χ2v) is 8.35. The number of aromatic nitrogens is 1. The number of hydrogen-bond donors (Lipinski definition) is 0. The number of carbonyl (C=O) groups is 2. The molecule has 0 bridgehead atoms. The largest absolute Gasteiger partial charge is 0.497 e. The van der Waals surface area contributed by atoms with E-state index in [4.69, 9.17) is 9.47 Å². The lowest BCUT2D eigenvalue weighted by atomic mass is 10.0. The lowest BCUT2D eigenvalue weighted by molar-refractivity contribution is -0.136. The predicted molar refractivity (Wildman–Crippen MR) is 133 cm³/mol. The Bertz CT molecular complexity index is 1330. The Kier molecular flexibility index (Phi) is 6.16. The predicted octanol–water partition coefficient (Wildman–Crippen LogP) is 5.29. The van der Waals surface area contributed by atoms with Crippen LogP contribution in [0.1, 0.15) is 29.4 Å². The molecular formula is C28H28N2O4. The first kappa shape index (κ1) is 23.1. The van der Waals surface area contributed by atoms with E-state index in [9.17, 15) is 9.59 Å². The van der Waals surface area contributed by atoms with Crippen LogP contribution in [-0.2, 0) is 14.3 Å². The number of hydrogen-bond acceptors (Lipinski definition) is 4. The summed E-state index contributed by atoms with van der Waals surface area (Å²) in [6.07, 6.45) is 1.79. The Morgan fingerprint density at radius 3 is 2.09 bits per heavy atom. The number of allylic oxidation sites excluding steroid dienone is 1. The topological polar surface area (TPSA) is 60.8 Å². The maximum atomic E-state index is 13.6. The minimum absolute atomic E-state index is 0.267. The van der Waals surface area contributed by atoms with Gasteiger partial charge in [0.1, 0.15) is 5.75 Å². The van der Waals surface area contributed by atoms with Crippen molar-refractivity contribution in [2.24, 2.45) is 0 Å². The van der Waals surface area contributed by atoms with Gasteiger partial charge in [-0.3, -0.25) is 9.69 Å². The van der Waals surface area contributed by atoms with Crippen LogP contribution in [0.25, 0.3) is 11.8 Å². The van der Waals surface area contributed by atoms with Gasteiger partial charge in [0.05, 0.1) is 25.4 Å². The summed E-state index contributed by atoms with van der Waals surface area (Å²) < 4.78 is 12.4. The number of benzene rings is 2. The summed E-state index contributed by atoms with van der Waals surface area (Å²) in [5.74, 6) is -0.131. The molecule has 1 amide bonds. The Hall–Kier alpha value is -4.06. The zero-order chi connectivity index (χ0) is 24.6. The van der Waals surface area contributed by atoms with Crippen molar-refractivity contribution in [3.8, 4) is 11.4 Å². The highest BCUT2D eigenvalue weighted by Crippen LogP contribution is 2.36. The van der Waals surface area contributed by atoms with Crippen molar-refractivity contribution in [1.29, 1.82) is 0 Å². The maximum absolute atomic E-state index is 13.6. The number of carbonyl (C=O) groups excluding carboxylic acids is 2. The highest BCUT2D eigenvalue weighted by Gasteiger charge is 2.38. The fourth-order valence-corrected chi connectivity index (χ4v) is 4.40. The molecule has 34 heavy (non-hydrogen) atoms. The third-order valence-electron chi connectivity index (χ3n) is 6.18. The lowest BCUT2D eigenvalue weighted by Crippen LogP contribution is -2.24. The molecule has 1 aliphatic heterocycles. The van der Waals surface area contributed by atoms with Crippen LogP contribution in [0.2, 0.25) is 0 Å². The van der Waals surface area contributed by atoms with Crippen molar-refractivity contribution in [1.82, 2.24) is 4.57 Å². The molecule has 2 heterocycles. The van der Waals surface area contributed by atoms with E-state index in [0.29, 0.717) is 22.7 Å². The highest BCUT2D eigenvalue weighted by molar-refractivity contribution is 6.23. The minimum Gasteiger partial charge on any atom is -0.497 e. The van der Waals surface area contributed by atoms with Gasteiger partial charge in [-0.2, -0.15) is 0 Å². The van der Waals surface area contributed by atoms with E-state index in [2.05, 4.69) is 35.8 Å². The SMILES string of the molecule is COC(=O)C1=C(C)N(c2ccc(OC)cc2)C(=O)/C1=C/c1cc(C)n(-c2ccc(C)cc2)c1C. The molecule has 0 spiro atoms. The van der Waals surface area contributed by atoms with Crippen molar-refractivity contribution < 1.29 is 19.1 Å². The monoisotopic (exact) mass is 456 g/mol. The van der Waals surface area contributed by atoms with Crippen LogP contribution in [-0.4, -0.2) is 30.7 Å². The number of esters is 1. The van der Waals surface area contributed by atoms with E-state index in [1.54, 1.807) is 44.4 Å². The van der Waals surface area contributed by atoms with Gasteiger partial charge in [0.25, 0.3) is 5.91 Å². The molecule has 0 unspecified atom stereocenters. The summed E-state index contributed by atoms with van der Waals surface area (Å²) in [6.45, 7) is 7.84. The van der Waals surface area contributed by atoms with E-state index >= 15 is 0 Å². The van der Waals surface area contributed by atoms with Crippen LogP contribution < -0.4 is 9.64 Å². The van der Waals surface area contributed by atoms with Crippen molar-refractivity contribution in [2.75, 3.05) is 19.1 Å². The molecule has 1 aromatic heterocycles. The average Bonchev–Trinajstić information content (AvgIpc) is 3.25. The first-order chi connectivity index (χ1) is 16.3. The number of nitrogens with zero attached hydrogens (tertiary/aromatic N) is 2. The molecule has 4 rings (SSSR count). The van der Waals surface area contributed by atoms with Crippen molar-refractivity contribution in [3.05, 3.63) is 94.0 Å². The second kappa shape index (κ2) is 9.06. The fraction of sp³-hybridized carbons (Fsp3) is 0.214. The standard InChI is InChI=1S/C28H28N2O4/c1-17-7-9-22(10-8-17)29-18(2)15-21(19(29)3)16-25-26(28(32)34-6)20(4)30(27(25)31)23-11-13-24(33-5)14-12-23/h7-16H,1-6H3/b25-16+. The fourth-order valence-electron chi connectivity index (χ4n) is 4.40. The lowest BCUT2D eigenvalue weighted by Gasteiger charge is -2.18. The zero-order valence-electron chi connectivity index (χ0n) is 20.3. The van der Waals surface area contributed by atoms with E-state index in [1.165, 1.54) is 17.6 Å². The van der Waals surface area contributed by atoms with E-state index < -0.39 is 5.97 Å². The van der Waals surface area contributed by atoms with Crippen LogP contribution in [0.5, 0.6) is 5.75 Å². The van der Waals surface area contributed by atoms with Gasteiger partial charge in [0.2, 0.25) is 0 Å². The smallest absolute Gasteiger partial charge is 0.340 e. The van der Waals surface area contributed by atoms with Gasteiger partial charge < -0.3 is 14.0 Å². The molecule has 1 aliphatic rings. The number of ether oxygens (including phenoxy) is 2. The summed E-state index contributed by atoms with van der Waals surface area (Å²) in [7, 11) is 2.91. The van der Waals surface area contributed by atoms with E-state index in [0.717, 1.165) is 22.6 Å². The van der Waals surface area contributed by atoms with Gasteiger partial charge in [0.15, 0.2) is 0 Å². The van der Waals surface area contributed by atoms with Gasteiger partial charge in [-0.05, 0) is 81.8 Å². The van der Waals surface area contributed by atoms with Gasteiger partial charge in [-0.1, -0.05) is 17.7 Å². The molecule has 174 valence electrons. The number of aryl methyl sites for hydroxylation is 2. The molecule has 3 aromatic rings. The van der Waals surface area contributed by atoms with Crippen LogP contribution >= 0.6 is 0 Å². The summed E-state index contributed by atoms with van der Waals surface area (Å²) in [5.41, 5.74) is 6.87. The number of anilines is 1. The summed E-state index contributed by atoms with van der Waals surface area (Å²) in [4.78, 5) is 27.9. The average molecular weight is 457 g/mol. The first-order valence-electron chi connectivity index (χ1n) is 11.0. The van der Waals surface area contributed by atoms with Crippen LogP contribution in [0, 0.1) is 20.8 Å². The van der Waals surface area contributed by atoms with E-state index in [-0.39, 0.29) is 11.5 Å². The molecule has 0 atom stereocenters. The van der Waals surface area contributed by atoms with Gasteiger partial charge in [0, 0.05) is 28.5 Å². The van der Waals surface area contributed by atoms with Crippen LogP contribution in [0.15, 0.2) is 71.4 Å². The van der Waals surface area contributed by atoms with Crippen molar-refractivity contribution in [3.63, 3.8) is 0 Å². The molecule has 0 aliphatic carbocycles. The minimum atomic E-state index is -0.541. The molecule has 0 radical (unpaired) electrons. The Morgan fingerprint density at radius 2 is 1.50 bits per heavy atom. The molecule has 0 saturated heterocycles. The van der Waals surface area contributed by atoms with E-state index in [1.807, 2.05) is 19.9 Å². The van der Waals surface area contributed by atoms with Gasteiger partial charge >= 0.3 is 5.97 Å². The zero-order valence-corrected chi connectivity index (χ0v) is 20.3. The summed E-state index contributed by atoms with van der Waals surface area (Å²) >= 11 is 0. The first-order valence-corrected chi connectivity index (χ1v) is 11.0. The van der Waals surface area contributed by atoms with Crippen LogP contribution in [0.4, 0.5) is 5.69 Å². The van der Waals surface area contributed by atoms with Gasteiger partial charge in [-0.15, -0.1) is 0 Å². The highest BCUT2D eigenvalue weighted by atomic mass is 16.5. The van der Waals surface area contributed by atoms with Crippen LogP contribution in [0.3, 0.4) is 0 Å². The van der Waals surface area contributed by atoms with Crippen molar-refractivity contribution in [2.45, 2.75) is 27.7 Å². The third kappa shape index (κ3) is 3.92. The van der Waals surface area contributed by atoms with Crippen molar-refractivity contribution >= 4 is 23.6 Å². The molecule has 0 N–H and O–H groups in total. The third-order valence-corrected chi connectivity index (χ3v) is 6.18. The molecule has 0 saturated carbocycles. The Balaban J connectivity index is 1.82. The molecule has 6 heteroatoms. The normalized spacial score (nSPS) is 14.8.